The number of methoxy groups -OCH3 is 1. The molecule has 156 valence electrons. The third-order valence-corrected chi connectivity index (χ3v) is 6.89. The van der Waals surface area contributed by atoms with Gasteiger partial charge in [0.1, 0.15) is 28.2 Å². The Hall–Kier alpha value is -3.41. The van der Waals surface area contributed by atoms with E-state index < -0.39 is 26.9 Å². The highest BCUT2D eigenvalue weighted by atomic mass is 32.2. The molecule has 3 aromatic rings. The van der Waals surface area contributed by atoms with Crippen LogP contribution in [0.2, 0.25) is 0 Å². The summed E-state index contributed by atoms with van der Waals surface area (Å²) in [4.78, 5) is 20.9. The van der Waals surface area contributed by atoms with Gasteiger partial charge in [-0.3, -0.25) is 4.99 Å². The molecule has 10 nitrogen and oxygen atoms in total. The summed E-state index contributed by atoms with van der Waals surface area (Å²) in [6.07, 6.45) is 3.99. The number of nitrogens with two attached hydrogens (primary N) is 1. The Labute approximate surface area is 171 Å². The van der Waals surface area contributed by atoms with Crippen molar-refractivity contribution in [2.24, 2.45) is 10.7 Å². The fourth-order valence-electron chi connectivity index (χ4n) is 3.05. The van der Waals surface area contributed by atoms with Crippen LogP contribution in [0.15, 0.2) is 35.7 Å². The molecule has 1 aliphatic rings. The van der Waals surface area contributed by atoms with Crippen molar-refractivity contribution in [3.63, 3.8) is 0 Å². The number of sulfone groups is 1. The van der Waals surface area contributed by atoms with Crippen LogP contribution in [0.25, 0.3) is 11.2 Å². The average molecular weight is 431 g/mol. The minimum atomic E-state index is -3.53. The lowest BCUT2D eigenvalue weighted by atomic mass is 10.1. The first-order chi connectivity index (χ1) is 14.3. The van der Waals surface area contributed by atoms with Gasteiger partial charge in [0.15, 0.2) is 15.5 Å². The first-order valence-corrected chi connectivity index (χ1v) is 10.6. The van der Waals surface area contributed by atoms with E-state index in [1.54, 1.807) is 6.07 Å². The standard InChI is InChI=1S/C18H18FN7O3S/c1-9-17(20)25-13(8-30(9,27)28)10-5-14(22-6-11(10)19)24-12-3-4-21-18-16(12)23-7-15(26-18)29-2/h3-7,9,13H,8H2,1-2H3,(H2,20,25)(H,21,22,24,26)/t9?,13-/m0/s1. The van der Waals surface area contributed by atoms with E-state index in [4.69, 9.17) is 10.5 Å². The molecular formula is C18H18FN7O3S. The Kier molecular flexibility index (Phi) is 4.94. The van der Waals surface area contributed by atoms with Gasteiger partial charge in [-0.2, -0.15) is 4.98 Å². The highest BCUT2D eigenvalue weighted by Crippen LogP contribution is 2.30. The van der Waals surface area contributed by atoms with Gasteiger partial charge in [0.25, 0.3) is 0 Å². The molecule has 0 spiro atoms. The highest BCUT2D eigenvalue weighted by molar-refractivity contribution is 7.92. The van der Waals surface area contributed by atoms with Gasteiger partial charge in [0.2, 0.25) is 5.88 Å². The van der Waals surface area contributed by atoms with Crippen LogP contribution in [0.4, 0.5) is 15.9 Å². The number of rotatable bonds is 4. The SMILES string of the molecule is COc1cnc2c(Nc3cc([C@@H]4CS(=O)(=O)C(C)C(N)=N4)c(F)cn3)ccnc2n1. The number of ether oxygens (including phenoxy) is 1. The molecule has 1 unspecified atom stereocenters. The van der Waals surface area contributed by atoms with Crippen molar-refractivity contribution >= 4 is 38.3 Å². The Morgan fingerprint density at radius 1 is 1.27 bits per heavy atom. The van der Waals surface area contributed by atoms with E-state index in [1.807, 2.05) is 0 Å². The summed E-state index contributed by atoms with van der Waals surface area (Å²) in [7, 11) is -2.06. The quantitative estimate of drug-likeness (QED) is 0.628. The van der Waals surface area contributed by atoms with E-state index in [0.29, 0.717) is 22.7 Å². The lowest BCUT2D eigenvalue weighted by molar-refractivity contribution is 0.397. The molecule has 0 saturated carbocycles. The molecule has 0 aliphatic carbocycles. The van der Waals surface area contributed by atoms with Crippen LogP contribution in [0, 0.1) is 5.82 Å². The molecule has 0 fully saturated rings. The van der Waals surface area contributed by atoms with E-state index in [-0.39, 0.29) is 23.0 Å². The molecule has 4 heterocycles. The van der Waals surface area contributed by atoms with Gasteiger partial charge in [0.05, 0.1) is 37.0 Å². The van der Waals surface area contributed by atoms with Crippen LogP contribution in [-0.2, 0) is 9.84 Å². The minimum Gasteiger partial charge on any atom is -0.480 e. The van der Waals surface area contributed by atoms with Gasteiger partial charge < -0.3 is 15.8 Å². The summed E-state index contributed by atoms with van der Waals surface area (Å²) in [5.41, 5.74) is 7.19. The summed E-state index contributed by atoms with van der Waals surface area (Å²) in [5, 5.41) is 2.15. The Morgan fingerprint density at radius 3 is 2.80 bits per heavy atom. The lowest BCUT2D eigenvalue weighted by Gasteiger charge is -2.24. The summed E-state index contributed by atoms with van der Waals surface area (Å²) in [6.45, 7) is 1.46. The van der Waals surface area contributed by atoms with E-state index in [1.165, 1.54) is 32.5 Å². The summed E-state index contributed by atoms with van der Waals surface area (Å²) in [6, 6.07) is 2.12. The normalized spacial score (nSPS) is 20.6. The monoisotopic (exact) mass is 431 g/mol. The van der Waals surface area contributed by atoms with Crippen molar-refractivity contribution in [3.8, 4) is 5.88 Å². The molecular weight excluding hydrogens is 413 g/mol. The van der Waals surface area contributed by atoms with Crippen molar-refractivity contribution < 1.29 is 17.5 Å². The maximum absolute atomic E-state index is 14.5. The number of anilines is 2. The number of halogens is 1. The van der Waals surface area contributed by atoms with Crippen LogP contribution in [0.3, 0.4) is 0 Å². The van der Waals surface area contributed by atoms with E-state index in [0.717, 1.165) is 6.20 Å². The van der Waals surface area contributed by atoms with Gasteiger partial charge in [-0.15, -0.1) is 0 Å². The summed E-state index contributed by atoms with van der Waals surface area (Å²) < 4.78 is 44.1. The highest BCUT2D eigenvalue weighted by Gasteiger charge is 2.35. The Balaban J connectivity index is 1.71. The van der Waals surface area contributed by atoms with Crippen molar-refractivity contribution in [2.45, 2.75) is 18.2 Å². The number of hydrogen-bond donors (Lipinski definition) is 2. The third kappa shape index (κ3) is 3.61. The van der Waals surface area contributed by atoms with E-state index in [9.17, 15) is 12.8 Å². The van der Waals surface area contributed by atoms with Crippen LogP contribution in [-0.4, -0.2) is 52.3 Å². The molecule has 4 rings (SSSR count). The number of fused-ring (bicyclic) bond motifs is 1. The van der Waals surface area contributed by atoms with Gasteiger partial charge in [-0.1, -0.05) is 0 Å². The van der Waals surface area contributed by atoms with Crippen LogP contribution in [0.5, 0.6) is 5.88 Å². The first kappa shape index (κ1) is 19.9. The zero-order chi connectivity index (χ0) is 21.5. The molecule has 30 heavy (non-hydrogen) atoms. The Morgan fingerprint density at radius 2 is 2.07 bits per heavy atom. The molecule has 1 aliphatic heterocycles. The zero-order valence-corrected chi connectivity index (χ0v) is 16.9. The number of nitrogens with one attached hydrogen (secondary N) is 1. The van der Waals surface area contributed by atoms with Gasteiger partial charge >= 0.3 is 0 Å². The first-order valence-electron chi connectivity index (χ1n) is 8.91. The number of hydrogen-bond acceptors (Lipinski definition) is 10. The molecule has 0 aromatic carbocycles. The smallest absolute Gasteiger partial charge is 0.234 e. The molecule has 0 radical (unpaired) electrons. The largest absolute Gasteiger partial charge is 0.480 e. The molecule has 3 N–H and O–H groups in total. The maximum Gasteiger partial charge on any atom is 0.234 e. The molecule has 3 aromatic heterocycles. The predicted octanol–water partition coefficient (Wildman–Crippen LogP) is 1.53. The molecule has 0 amide bonds. The van der Waals surface area contributed by atoms with Crippen LogP contribution in [0.1, 0.15) is 18.5 Å². The molecule has 0 saturated heterocycles. The number of amidine groups is 1. The number of pyridine rings is 2. The predicted molar refractivity (Wildman–Crippen MR) is 109 cm³/mol. The summed E-state index contributed by atoms with van der Waals surface area (Å²) >= 11 is 0. The van der Waals surface area contributed by atoms with Crippen LogP contribution >= 0.6 is 0 Å². The second-order valence-electron chi connectivity index (χ2n) is 6.70. The number of aromatic nitrogens is 4. The number of nitrogens with zero attached hydrogens (tertiary/aromatic N) is 5. The fourth-order valence-corrected chi connectivity index (χ4v) is 4.46. The van der Waals surface area contributed by atoms with Crippen molar-refractivity contribution in [3.05, 3.63) is 42.1 Å². The second kappa shape index (κ2) is 7.44. The third-order valence-electron chi connectivity index (χ3n) is 4.79. The fraction of sp³-hybridized carbons (Fsp3) is 0.278. The van der Waals surface area contributed by atoms with Crippen molar-refractivity contribution in [2.75, 3.05) is 18.2 Å². The minimum absolute atomic E-state index is 0.0404. The van der Waals surface area contributed by atoms with Crippen LogP contribution < -0.4 is 15.8 Å². The lowest BCUT2D eigenvalue weighted by Crippen LogP contribution is -2.40. The van der Waals surface area contributed by atoms with Gasteiger partial charge in [-0.05, 0) is 19.1 Å². The summed E-state index contributed by atoms with van der Waals surface area (Å²) in [5.74, 6) is -0.449. The van der Waals surface area contributed by atoms with Crippen molar-refractivity contribution in [1.29, 1.82) is 0 Å². The molecule has 12 heteroatoms. The van der Waals surface area contributed by atoms with E-state index >= 15 is 0 Å². The van der Waals surface area contributed by atoms with E-state index in [2.05, 4.69) is 30.2 Å². The van der Waals surface area contributed by atoms with Gasteiger partial charge in [-0.25, -0.2) is 27.8 Å². The van der Waals surface area contributed by atoms with Gasteiger partial charge in [0, 0.05) is 11.8 Å². The second-order valence-corrected chi connectivity index (χ2v) is 9.07. The molecule has 2 atom stereocenters. The molecule has 0 bridgehead atoms. The Bertz CT molecular complexity index is 1270. The average Bonchev–Trinajstić information content (AvgIpc) is 2.72. The topological polar surface area (TPSA) is 145 Å². The zero-order valence-electron chi connectivity index (χ0n) is 16.1. The maximum atomic E-state index is 14.5. The van der Waals surface area contributed by atoms with Crippen molar-refractivity contribution in [1.82, 2.24) is 19.9 Å². The number of aliphatic imine (C=N–C) groups is 1.